The first kappa shape index (κ1) is 27.1. The van der Waals surface area contributed by atoms with Gasteiger partial charge in [-0.25, -0.2) is 4.79 Å². The van der Waals surface area contributed by atoms with Crippen molar-refractivity contribution < 1.29 is 29.3 Å². The first-order chi connectivity index (χ1) is 14.6. The Kier molecular flexibility index (Phi) is 15.9. The Labute approximate surface area is 182 Å². The minimum atomic E-state index is -1.59. The van der Waals surface area contributed by atoms with Crippen LogP contribution in [0.5, 0.6) is 0 Å². The van der Waals surface area contributed by atoms with E-state index in [2.05, 4.69) is 11.7 Å². The highest BCUT2D eigenvalue weighted by Gasteiger charge is 2.46. The number of carbonyl (C=O) groups is 2. The number of esters is 1. The number of carbonyl (C=O) groups excluding carboxylic acids is 2. The van der Waals surface area contributed by atoms with E-state index in [4.69, 9.17) is 4.74 Å². The van der Waals surface area contributed by atoms with E-state index in [0.717, 1.165) is 12.8 Å². The predicted molar refractivity (Wildman–Crippen MR) is 117 cm³/mol. The van der Waals surface area contributed by atoms with Crippen LogP contribution in [-0.4, -0.2) is 53.5 Å². The lowest BCUT2D eigenvalue weighted by atomic mass is 10.0. The van der Waals surface area contributed by atoms with Crippen LogP contribution in [0, 0.1) is 0 Å². The van der Waals surface area contributed by atoms with Gasteiger partial charge in [0.15, 0.2) is 12.2 Å². The van der Waals surface area contributed by atoms with Gasteiger partial charge in [-0.1, -0.05) is 103 Å². The van der Waals surface area contributed by atoms with Crippen LogP contribution >= 0.6 is 0 Å². The maximum absolute atomic E-state index is 11.2. The van der Waals surface area contributed by atoms with Gasteiger partial charge in [0.05, 0.1) is 6.61 Å². The maximum Gasteiger partial charge on any atom is 0.378 e. The highest BCUT2D eigenvalue weighted by molar-refractivity contribution is 6.37. The number of unbranched alkanes of at least 4 members (excludes halogenated alkanes) is 15. The Bertz CT molecular complexity index is 453. The minimum Gasteiger partial charge on any atom is -0.450 e. The van der Waals surface area contributed by atoms with Crippen molar-refractivity contribution in [3.63, 3.8) is 0 Å². The number of aliphatic hydroxyl groups is 2. The van der Waals surface area contributed by atoms with E-state index in [1.54, 1.807) is 0 Å². The molecule has 0 aromatic carbocycles. The highest BCUT2D eigenvalue weighted by atomic mass is 16.6. The number of hydrogen-bond acceptors (Lipinski definition) is 6. The van der Waals surface area contributed by atoms with Crippen molar-refractivity contribution in [2.75, 3.05) is 13.2 Å². The van der Waals surface area contributed by atoms with Gasteiger partial charge in [0.1, 0.15) is 6.10 Å². The second kappa shape index (κ2) is 17.7. The number of cyclic esters (lactones) is 1. The van der Waals surface area contributed by atoms with Crippen LogP contribution in [0.3, 0.4) is 0 Å². The lowest BCUT2D eigenvalue weighted by Crippen LogP contribution is -2.39. The molecule has 1 saturated heterocycles. The van der Waals surface area contributed by atoms with Gasteiger partial charge in [-0.2, -0.15) is 0 Å². The molecule has 0 aromatic heterocycles. The standard InChI is InChI=1S/C24H44O6/c1-2-3-4-5-6-7-8-9-10-11-12-13-14-15-16-17-18-29-19-20(25)23-21(26)22(27)24(28)30-23/h20-21,23,25-26H,2-19H2,1H3/t20-,21?,23+/m0/s1. The van der Waals surface area contributed by atoms with Crippen LogP contribution in [-0.2, 0) is 19.1 Å². The molecule has 1 aliphatic rings. The summed E-state index contributed by atoms with van der Waals surface area (Å²) in [4.78, 5) is 22.2. The summed E-state index contributed by atoms with van der Waals surface area (Å²) in [7, 11) is 0. The number of ether oxygens (including phenoxy) is 2. The van der Waals surface area contributed by atoms with Gasteiger partial charge in [-0.05, 0) is 6.42 Å². The summed E-state index contributed by atoms with van der Waals surface area (Å²) in [6.07, 6.45) is 17.0. The monoisotopic (exact) mass is 428 g/mol. The lowest BCUT2D eigenvalue weighted by molar-refractivity contribution is -0.152. The molecule has 176 valence electrons. The van der Waals surface area contributed by atoms with Crippen molar-refractivity contribution in [1.82, 2.24) is 0 Å². The molecular formula is C24H44O6. The molecule has 0 radical (unpaired) electrons. The van der Waals surface area contributed by atoms with Crippen LogP contribution in [0.15, 0.2) is 0 Å². The van der Waals surface area contributed by atoms with Gasteiger partial charge in [0.25, 0.3) is 5.78 Å². The minimum absolute atomic E-state index is 0.0545. The smallest absolute Gasteiger partial charge is 0.378 e. The molecule has 30 heavy (non-hydrogen) atoms. The molecule has 0 aromatic rings. The Balaban J connectivity index is 1.79. The third-order valence-corrected chi connectivity index (χ3v) is 5.83. The first-order valence-electron chi connectivity index (χ1n) is 12.3. The zero-order valence-corrected chi connectivity index (χ0v) is 19.0. The van der Waals surface area contributed by atoms with E-state index in [0.29, 0.717) is 6.61 Å². The van der Waals surface area contributed by atoms with E-state index in [-0.39, 0.29) is 6.61 Å². The summed E-state index contributed by atoms with van der Waals surface area (Å²) in [6, 6.07) is 0. The third-order valence-electron chi connectivity index (χ3n) is 5.83. The normalized spacial score (nSPS) is 20.0. The fourth-order valence-corrected chi connectivity index (χ4v) is 3.86. The lowest BCUT2D eigenvalue weighted by Gasteiger charge is -2.18. The van der Waals surface area contributed by atoms with E-state index < -0.39 is 30.1 Å². The highest BCUT2D eigenvalue weighted by Crippen LogP contribution is 2.16. The molecule has 6 nitrogen and oxygen atoms in total. The van der Waals surface area contributed by atoms with Crippen molar-refractivity contribution in [2.24, 2.45) is 0 Å². The van der Waals surface area contributed by atoms with Crippen molar-refractivity contribution in [3.05, 3.63) is 0 Å². The van der Waals surface area contributed by atoms with E-state index in [1.807, 2.05) is 0 Å². The summed E-state index contributed by atoms with van der Waals surface area (Å²) < 4.78 is 10.0. The number of rotatable bonds is 20. The van der Waals surface area contributed by atoms with Gasteiger partial charge in [-0.15, -0.1) is 0 Å². The molecule has 1 fully saturated rings. The molecule has 2 N–H and O–H groups in total. The largest absolute Gasteiger partial charge is 0.450 e. The molecule has 1 unspecified atom stereocenters. The predicted octanol–water partition coefficient (Wildman–Crippen LogP) is 4.48. The van der Waals surface area contributed by atoms with Crippen LogP contribution in [0.4, 0.5) is 0 Å². The van der Waals surface area contributed by atoms with Crippen LogP contribution in [0.25, 0.3) is 0 Å². The Hall–Kier alpha value is -0.980. The number of hydrogen-bond donors (Lipinski definition) is 2. The van der Waals surface area contributed by atoms with Gasteiger partial charge >= 0.3 is 5.97 Å². The van der Waals surface area contributed by atoms with Crippen LogP contribution < -0.4 is 0 Å². The Morgan fingerprint density at radius 2 is 1.23 bits per heavy atom. The molecule has 0 saturated carbocycles. The average molecular weight is 429 g/mol. The van der Waals surface area contributed by atoms with E-state index in [1.165, 1.54) is 89.9 Å². The zero-order chi connectivity index (χ0) is 22.0. The van der Waals surface area contributed by atoms with Crippen molar-refractivity contribution in [2.45, 2.75) is 128 Å². The van der Waals surface area contributed by atoms with Crippen LogP contribution in [0.2, 0.25) is 0 Å². The molecule has 0 aliphatic carbocycles. The van der Waals surface area contributed by atoms with Gasteiger partial charge < -0.3 is 19.7 Å². The van der Waals surface area contributed by atoms with E-state index >= 15 is 0 Å². The second-order valence-corrected chi connectivity index (χ2v) is 8.62. The molecule has 1 aliphatic heterocycles. The van der Waals surface area contributed by atoms with Crippen molar-refractivity contribution >= 4 is 11.8 Å². The summed E-state index contributed by atoms with van der Waals surface area (Å²) in [5.41, 5.74) is 0. The van der Waals surface area contributed by atoms with Crippen LogP contribution in [0.1, 0.15) is 110 Å². The number of aliphatic hydroxyl groups excluding tert-OH is 2. The van der Waals surface area contributed by atoms with Gasteiger partial charge in [-0.3, -0.25) is 4.79 Å². The quantitative estimate of drug-likeness (QED) is 0.169. The van der Waals surface area contributed by atoms with Crippen molar-refractivity contribution in [1.29, 1.82) is 0 Å². The summed E-state index contributed by atoms with van der Waals surface area (Å²) in [5.74, 6) is -2.10. The molecule has 0 spiro atoms. The molecule has 1 rings (SSSR count). The third kappa shape index (κ3) is 12.0. The molecular weight excluding hydrogens is 384 g/mol. The Morgan fingerprint density at radius 1 is 0.800 bits per heavy atom. The molecule has 3 atom stereocenters. The number of ketones is 1. The topological polar surface area (TPSA) is 93.1 Å². The SMILES string of the molecule is CCCCCCCCCCCCCCCCCCOC[C@H](O)[C@H]1OC(=O)C(=O)C1O. The molecule has 1 heterocycles. The van der Waals surface area contributed by atoms with Gasteiger partial charge in [0, 0.05) is 6.61 Å². The summed E-state index contributed by atoms with van der Waals surface area (Å²) in [5, 5.41) is 19.4. The Morgan fingerprint density at radius 3 is 1.63 bits per heavy atom. The molecule has 0 bridgehead atoms. The summed E-state index contributed by atoms with van der Waals surface area (Å²) in [6.45, 7) is 2.72. The molecule has 0 amide bonds. The zero-order valence-electron chi connectivity index (χ0n) is 19.0. The number of Topliss-reactive ketones (excluding diaryl/α,β-unsaturated/α-hetero) is 1. The average Bonchev–Trinajstić information content (AvgIpc) is 3.00. The maximum atomic E-state index is 11.2. The summed E-state index contributed by atoms with van der Waals surface area (Å²) >= 11 is 0. The first-order valence-corrected chi connectivity index (χ1v) is 12.3. The second-order valence-electron chi connectivity index (χ2n) is 8.62. The van der Waals surface area contributed by atoms with E-state index in [9.17, 15) is 19.8 Å². The fourth-order valence-electron chi connectivity index (χ4n) is 3.86. The molecule has 6 heteroatoms. The van der Waals surface area contributed by atoms with Crippen molar-refractivity contribution in [3.8, 4) is 0 Å². The fraction of sp³-hybridized carbons (Fsp3) is 0.917. The van der Waals surface area contributed by atoms with Gasteiger partial charge in [0.2, 0.25) is 0 Å².